The molecular weight excluding hydrogens is 198 g/mol. The summed E-state index contributed by atoms with van der Waals surface area (Å²) >= 11 is 0. The average molecular weight is 223 g/mol. The molecule has 0 heterocycles. The fourth-order valence-corrected chi connectivity index (χ4v) is 2.29. The molecule has 0 rings (SSSR count). The summed E-state index contributed by atoms with van der Waals surface area (Å²) in [4.78, 5) is 3.64. The molecule has 0 aromatic carbocycles. The predicted octanol–water partition coefficient (Wildman–Crippen LogP) is 3.58. The minimum atomic E-state index is -0.807. The van der Waals surface area contributed by atoms with E-state index in [0.29, 0.717) is 0 Å². The Bertz CT molecular complexity index is 294. The predicted molar refractivity (Wildman–Crippen MR) is 71.7 cm³/mol. The zero-order valence-corrected chi connectivity index (χ0v) is 11.4. The Balaban J connectivity index is 5.30. The van der Waals surface area contributed by atoms with Crippen LogP contribution in [0.3, 0.4) is 0 Å². The van der Waals surface area contributed by atoms with Crippen molar-refractivity contribution >= 4 is 6.72 Å². The van der Waals surface area contributed by atoms with Gasteiger partial charge in [-0.1, -0.05) is 40.7 Å². The molecular formula is C14H25NO. The molecule has 0 bridgehead atoms. The molecule has 1 N–H and O–H groups in total. The normalized spacial score (nSPS) is 17.9. The van der Waals surface area contributed by atoms with Crippen LogP contribution in [0.4, 0.5) is 0 Å². The molecule has 2 nitrogen and oxygen atoms in total. The quantitative estimate of drug-likeness (QED) is 0.573. The van der Waals surface area contributed by atoms with E-state index in [4.69, 9.17) is 0 Å². The maximum Gasteiger partial charge on any atom is 0.0927 e. The highest BCUT2D eigenvalue weighted by molar-refractivity contribution is 5.28. The van der Waals surface area contributed by atoms with Crippen molar-refractivity contribution < 1.29 is 5.11 Å². The highest BCUT2D eigenvalue weighted by Crippen LogP contribution is 2.41. The molecule has 16 heavy (non-hydrogen) atoms. The van der Waals surface area contributed by atoms with Crippen molar-refractivity contribution in [2.45, 2.75) is 47.1 Å². The Morgan fingerprint density at radius 2 is 1.81 bits per heavy atom. The fraction of sp³-hybridized carbons (Fsp3) is 0.643. The minimum absolute atomic E-state index is 0.161. The van der Waals surface area contributed by atoms with Crippen molar-refractivity contribution in [3.63, 3.8) is 0 Å². The largest absolute Gasteiger partial charge is 0.385 e. The minimum Gasteiger partial charge on any atom is -0.385 e. The summed E-state index contributed by atoms with van der Waals surface area (Å²) in [6.07, 6.45) is 5.33. The highest BCUT2D eigenvalue weighted by Gasteiger charge is 2.43. The molecule has 1 atom stereocenters. The third-order valence-electron chi connectivity index (χ3n) is 3.12. The number of hydrogen-bond donors (Lipinski definition) is 1. The lowest BCUT2D eigenvalue weighted by Gasteiger charge is -2.44. The van der Waals surface area contributed by atoms with Gasteiger partial charge in [-0.25, -0.2) is 0 Å². The van der Waals surface area contributed by atoms with Gasteiger partial charge in [-0.15, -0.1) is 0 Å². The molecule has 0 spiro atoms. The summed E-state index contributed by atoms with van der Waals surface area (Å²) in [5, 5.41) is 10.8. The Morgan fingerprint density at radius 3 is 2.12 bits per heavy atom. The van der Waals surface area contributed by atoms with Crippen LogP contribution >= 0.6 is 0 Å². The lowest BCUT2D eigenvalue weighted by atomic mass is 9.66. The number of nitrogens with zero attached hydrogens (tertiary/aromatic N) is 1. The number of hydrogen-bond acceptors (Lipinski definition) is 2. The van der Waals surface area contributed by atoms with Crippen molar-refractivity contribution in [1.29, 1.82) is 0 Å². The van der Waals surface area contributed by atoms with Gasteiger partial charge < -0.3 is 5.11 Å². The van der Waals surface area contributed by atoms with Gasteiger partial charge in [0.1, 0.15) is 0 Å². The lowest BCUT2D eigenvalue weighted by molar-refractivity contribution is -0.0618. The van der Waals surface area contributed by atoms with Crippen molar-refractivity contribution in [2.24, 2.45) is 16.3 Å². The lowest BCUT2D eigenvalue weighted by Crippen LogP contribution is -2.48. The zero-order valence-electron chi connectivity index (χ0n) is 11.4. The van der Waals surface area contributed by atoms with Crippen LogP contribution in [0.1, 0.15) is 41.5 Å². The van der Waals surface area contributed by atoms with E-state index >= 15 is 0 Å². The first-order chi connectivity index (χ1) is 7.17. The second-order valence-electron chi connectivity index (χ2n) is 5.54. The van der Waals surface area contributed by atoms with Crippen LogP contribution in [-0.2, 0) is 0 Å². The number of aliphatic imine (C=N–C) groups is 1. The molecule has 0 amide bonds. The van der Waals surface area contributed by atoms with E-state index in [1.54, 1.807) is 12.3 Å². The zero-order chi connectivity index (χ0) is 13.0. The van der Waals surface area contributed by atoms with Crippen LogP contribution in [-0.4, -0.2) is 17.4 Å². The Kier molecular flexibility index (Phi) is 5.14. The number of rotatable bonds is 4. The van der Waals surface area contributed by atoms with Gasteiger partial charge in [0.15, 0.2) is 0 Å². The highest BCUT2D eigenvalue weighted by atomic mass is 16.3. The van der Waals surface area contributed by atoms with E-state index in [0.717, 1.165) is 5.57 Å². The Labute approximate surface area is 99.8 Å². The third-order valence-corrected chi connectivity index (χ3v) is 3.12. The van der Waals surface area contributed by atoms with Crippen LogP contribution in [0.2, 0.25) is 0 Å². The van der Waals surface area contributed by atoms with Crippen LogP contribution in [0, 0.1) is 11.3 Å². The standard InChI is InChI=1S/C14H25NO/c1-11(2)14(16,13(4,5)6)12(3)9-8-10-15-7/h8-11,16H,7H2,1-6H3/b10-8-,12-9+. The van der Waals surface area contributed by atoms with Gasteiger partial charge in [-0.3, -0.25) is 4.99 Å². The topological polar surface area (TPSA) is 32.6 Å². The molecule has 92 valence electrons. The Hall–Kier alpha value is -0.890. The summed E-state index contributed by atoms with van der Waals surface area (Å²) in [6, 6.07) is 0. The molecule has 0 aliphatic heterocycles. The van der Waals surface area contributed by atoms with Gasteiger partial charge in [0.2, 0.25) is 0 Å². The van der Waals surface area contributed by atoms with Gasteiger partial charge in [0.25, 0.3) is 0 Å². The van der Waals surface area contributed by atoms with Crippen molar-refractivity contribution in [3.8, 4) is 0 Å². The third kappa shape index (κ3) is 3.05. The summed E-state index contributed by atoms with van der Waals surface area (Å²) in [6.45, 7) is 15.6. The summed E-state index contributed by atoms with van der Waals surface area (Å²) in [5.41, 5.74) is -0.0506. The van der Waals surface area contributed by atoms with Gasteiger partial charge in [-0.05, 0) is 36.6 Å². The Morgan fingerprint density at radius 1 is 1.31 bits per heavy atom. The monoisotopic (exact) mass is 223 g/mol. The first kappa shape index (κ1) is 15.1. The first-order valence-electron chi connectivity index (χ1n) is 5.70. The van der Waals surface area contributed by atoms with E-state index in [-0.39, 0.29) is 11.3 Å². The smallest absolute Gasteiger partial charge is 0.0927 e. The fourth-order valence-electron chi connectivity index (χ4n) is 2.29. The molecule has 0 aromatic heterocycles. The van der Waals surface area contributed by atoms with E-state index in [2.05, 4.69) is 32.5 Å². The molecule has 0 saturated heterocycles. The van der Waals surface area contributed by atoms with Crippen LogP contribution in [0.5, 0.6) is 0 Å². The maximum atomic E-state index is 10.8. The first-order valence-corrected chi connectivity index (χ1v) is 5.70. The molecule has 0 fully saturated rings. The molecule has 0 saturated carbocycles. The molecule has 0 aliphatic rings. The number of allylic oxidation sites excluding steroid dienone is 2. The van der Waals surface area contributed by atoms with Gasteiger partial charge in [-0.2, -0.15) is 0 Å². The average Bonchev–Trinajstić information content (AvgIpc) is 2.14. The van der Waals surface area contributed by atoms with Gasteiger partial charge >= 0.3 is 0 Å². The molecule has 0 radical (unpaired) electrons. The number of aliphatic hydroxyl groups is 1. The van der Waals surface area contributed by atoms with Crippen molar-refractivity contribution in [3.05, 3.63) is 23.9 Å². The van der Waals surface area contributed by atoms with Gasteiger partial charge in [0.05, 0.1) is 5.60 Å². The van der Waals surface area contributed by atoms with Crippen LogP contribution < -0.4 is 0 Å². The maximum absolute atomic E-state index is 10.8. The van der Waals surface area contributed by atoms with E-state index in [1.807, 2.05) is 26.8 Å². The van der Waals surface area contributed by atoms with E-state index in [1.165, 1.54) is 0 Å². The molecule has 2 heteroatoms. The summed E-state index contributed by atoms with van der Waals surface area (Å²) in [5.74, 6) is 0.161. The molecule has 1 unspecified atom stereocenters. The van der Waals surface area contributed by atoms with Gasteiger partial charge in [0, 0.05) is 6.20 Å². The SMILES string of the molecule is C=N/C=C\C=C(/C)C(O)(C(C)C)C(C)(C)C. The second-order valence-corrected chi connectivity index (χ2v) is 5.54. The van der Waals surface area contributed by atoms with Crippen molar-refractivity contribution in [1.82, 2.24) is 0 Å². The van der Waals surface area contributed by atoms with Crippen LogP contribution in [0.25, 0.3) is 0 Å². The van der Waals surface area contributed by atoms with E-state index in [9.17, 15) is 5.11 Å². The molecule has 0 aromatic rings. The molecule has 0 aliphatic carbocycles. The second kappa shape index (κ2) is 5.44. The van der Waals surface area contributed by atoms with Crippen molar-refractivity contribution in [2.75, 3.05) is 0 Å². The van der Waals surface area contributed by atoms with E-state index < -0.39 is 5.60 Å². The summed E-state index contributed by atoms with van der Waals surface area (Å²) in [7, 11) is 0. The summed E-state index contributed by atoms with van der Waals surface area (Å²) < 4.78 is 0. The van der Waals surface area contributed by atoms with Crippen LogP contribution in [0.15, 0.2) is 28.9 Å².